The summed E-state index contributed by atoms with van der Waals surface area (Å²) in [6.07, 6.45) is 2.31. The Labute approximate surface area is 115 Å². The Balaban J connectivity index is 1.83. The zero-order chi connectivity index (χ0) is 13.4. The predicted octanol–water partition coefficient (Wildman–Crippen LogP) is 2.09. The molecule has 0 aromatic carbocycles. The van der Waals surface area contributed by atoms with Crippen LogP contribution >= 0.6 is 11.8 Å². The van der Waals surface area contributed by atoms with E-state index in [-0.39, 0.29) is 11.3 Å². The van der Waals surface area contributed by atoms with Gasteiger partial charge in [0.1, 0.15) is 11.5 Å². The maximum Gasteiger partial charge on any atom is 0.210 e. The average molecular weight is 279 g/mol. The highest BCUT2D eigenvalue weighted by Gasteiger charge is 2.30. The maximum atomic E-state index is 6.08. The summed E-state index contributed by atoms with van der Waals surface area (Å²) in [7, 11) is 0. The second-order valence-corrected chi connectivity index (χ2v) is 6.09. The molecule has 7 heteroatoms. The number of aromatic nitrogens is 4. The molecule has 102 valence electrons. The summed E-state index contributed by atoms with van der Waals surface area (Å²) < 4.78 is 7.59. The minimum atomic E-state index is -0.0418. The molecule has 2 atom stereocenters. The van der Waals surface area contributed by atoms with Crippen molar-refractivity contribution in [1.29, 1.82) is 0 Å². The van der Waals surface area contributed by atoms with Gasteiger partial charge < -0.3 is 10.2 Å². The lowest BCUT2D eigenvalue weighted by Crippen LogP contribution is -2.22. The fraction of sp³-hybridized carbons (Fsp3) is 0.583. The molecule has 2 N–H and O–H groups in total. The highest BCUT2D eigenvalue weighted by molar-refractivity contribution is 7.99. The lowest BCUT2D eigenvalue weighted by molar-refractivity contribution is 0.463. The van der Waals surface area contributed by atoms with Crippen molar-refractivity contribution in [2.75, 3.05) is 0 Å². The average Bonchev–Trinajstić information content (AvgIpc) is 2.95. The van der Waals surface area contributed by atoms with Crippen LogP contribution in [0.25, 0.3) is 0 Å². The van der Waals surface area contributed by atoms with Crippen LogP contribution in [0.5, 0.6) is 0 Å². The number of hydrogen-bond donors (Lipinski definition) is 1. The Morgan fingerprint density at radius 2 is 2.26 bits per heavy atom. The summed E-state index contributed by atoms with van der Waals surface area (Å²) in [5, 5.41) is 12.8. The van der Waals surface area contributed by atoms with Gasteiger partial charge in [-0.1, -0.05) is 11.8 Å². The Morgan fingerprint density at radius 1 is 1.47 bits per heavy atom. The molecule has 2 heterocycles. The van der Waals surface area contributed by atoms with Crippen molar-refractivity contribution in [2.45, 2.75) is 49.2 Å². The van der Waals surface area contributed by atoms with Crippen LogP contribution in [0.2, 0.25) is 0 Å². The van der Waals surface area contributed by atoms with Gasteiger partial charge in [-0.15, -0.1) is 5.10 Å². The summed E-state index contributed by atoms with van der Waals surface area (Å²) in [4.78, 5) is 0. The van der Waals surface area contributed by atoms with Crippen molar-refractivity contribution in [2.24, 2.45) is 5.73 Å². The summed E-state index contributed by atoms with van der Waals surface area (Å²) in [6, 6.07) is 4.35. The summed E-state index contributed by atoms with van der Waals surface area (Å²) >= 11 is 1.57. The lowest BCUT2D eigenvalue weighted by atomic mass is 10.2. The second-order valence-electron chi connectivity index (χ2n) is 4.98. The van der Waals surface area contributed by atoms with E-state index >= 15 is 0 Å². The van der Waals surface area contributed by atoms with E-state index in [1.54, 1.807) is 11.8 Å². The maximum absolute atomic E-state index is 6.08. The second kappa shape index (κ2) is 4.97. The van der Waals surface area contributed by atoms with Crippen LogP contribution in [-0.4, -0.2) is 26.2 Å². The predicted molar refractivity (Wildman–Crippen MR) is 71.8 cm³/mol. The topological polar surface area (TPSA) is 82.8 Å². The first-order valence-corrected chi connectivity index (χ1v) is 7.29. The van der Waals surface area contributed by atoms with Crippen molar-refractivity contribution in [3.05, 3.63) is 23.7 Å². The number of nitrogens with zero attached hydrogens (tertiary/aromatic N) is 4. The van der Waals surface area contributed by atoms with Gasteiger partial charge in [-0.25, -0.2) is 4.68 Å². The lowest BCUT2D eigenvalue weighted by Gasteiger charge is -2.17. The monoisotopic (exact) mass is 279 g/mol. The molecule has 1 aliphatic rings. The van der Waals surface area contributed by atoms with Gasteiger partial charge in [0.2, 0.25) is 5.16 Å². The normalized spacial score (nSPS) is 18.5. The van der Waals surface area contributed by atoms with Gasteiger partial charge in [0, 0.05) is 6.04 Å². The van der Waals surface area contributed by atoms with E-state index in [1.165, 1.54) is 0 Å². The SMILES string of the molecule is Cc1ccc(C(Sc2nnnn2C2CC2)C(C)N)o1. The molecule has 0 amide bonds. The van der Waals surface area contributed by atoms with Crippen LogP contribution < -0.4 is 5.73 Å². The van der Waals surface area contributed by atoms with Crippen LogP contribution in [0.1, 0.15) is 42.6 Å². The zero-order valence-electron chi connectivity index (χ0n) is 11.0. The molecule has 0 bridgehead atoms. The summed E-state index contributed by atoms with van der Waals surface area (Å²) in [5.41, 5.74) is 6.08. The molecular formula is C12H17N5OS. The fourth-order valence-electron chi connectivity index (χ4n) is 1.96. The van der Waals surface area contributed by atoms with Crippen molar-refractivity contribution >= 4 is 11.8 Å². The van der Waals surface area contributed by atoms with Crippen molar-refractivity contribution in [3.63, 3.8) is 0 Å². The molecule has 1 fully saturated rings. The number of furan rings is 1. The molecule has 6 nitrogen and oxygen atoms in total. The van der Waals surface area contributed by atoms with Crippen molar-refractivity contribution in [3.8, 4) is 0 Å². The van der Waals surface area contributed by atoms with Gasteiger partial charge in [0.15, 0.2) is 0 Å². The molecule has 1 aliphatic carbocycles. The van der Waals surface area contributed by atoms with Crippen LogP contribution in [-0.2, 0) is 0 Å². The van der Waals surface area contributed by atoms with Crippen molar-refractivity contribution < 1.29 is 4.42 Å². The minimum absolute atomic E-state index is 0.0252. The Kier molecular flexibility index (Phi) is 3.32. The molecular weight excluding hydrogens is 262 g/mol. The van der Waals surface area contributed by atoms with Gasteiger partial charge in [-0.2, -0.15) is 0 Å². The van der Waals surface area contributed by atoms with Gasteiger partial charge in [0.05, 0.1) is 11.3 Å². The molecule has 2 aromatic heterocycles. The third-order valence-electron chi connectivity index (χ3n) is 3.11. The first-order chi connectivity index (χ1) is 9.15. The quantitative estimate of drug-likeness (QED) is 0.844. The molecule has 1 saturated carbocycles. The molecule has 0 aliphatic heterocycles. The van der Waals surface area contributed by atoms with E-state index in [2.05, 4.69) is 15.5 Å². The standard InChI is InChI=1S/C12H17N5OS/c1-7-3-6-10(18-7)11(8(2)13)19-12-14-15-16-17(12)9-4-5-9/h3,6,8-9,11H,4-5,13H2,1-2H3. The molecule has 0 spiro atoms. The van der Waals surface area contributed by atoms with Crippen LogP contribution in [0, 0.1) is 6.92 Å². The zero-order valence-corrected chi connectivity index (χ0v) is 11.8. The Hall–Kier alpha value is -1.34. The molecule has 0 radical (unpaired) electrons. The molecule has 19 heavy (non-hydrogen) atoms. The largest absolute Gasteiger partial charge is 0.465 e. The molecule has 3 rings (SSSR count). The van der Waals surface area contributed by atoms with E-state index in [0.29, 0.717) is 6.04 Å². The van der Waals surface area contributed by atoms with Gasteiger partial charge in [-0.05, 0) is 49.2 Å². The molecule has 2 aromatic rings. The summed E-state index contributed by atoms with van der Waals surface area (Å²) in [6.45, 7) is 3.90. The first kappa shape index (κ1) is 12.7. The number of rotatable bonds is 5. The Bertz CT molecular complexity index is 560. The van der Waals surface area contributed by atoms with Gasteiger partial charge in [0.25, 0.3) is 0 Å². The molecule has 0 saturated heterocycles. The number of nitrogens with two attached hydrogens (primary N) is 1. The van der Waals surface area contributed by atoms with E-state index in [4.69, 9.17) is 10.2 Å². The summed E-state index contributed by atoms with van der Waals surface area (Å²) in [5.74, 6) is 1.77. The number of tetrazole rings is 1. The Morgan fingerprint density at radius 3 is 2.84 bits per heavy atom. The van der Waals surface area contributed by atoms with Crippen LogP contribution in [0.3, 0.4) is 0 Å². The van der Waals surface area contributed by atoms with E-state index in [0.717, 1.165) is 29.5 Å². The highest BCUT2D eigenvalue weighted by Crippen LogP contribution is 2.41. The van der Waals surface area contributed by atoms with Gasteiger partial charge in [-0.3, -0.25) is 0 Å². The highest BCUT2D eigenvalue weighted by atomic mass is 32.2. The van der Waals surface area contributed by atoms with E-state index in [9.17, 15) is 0 Å². The first-order valence-electron chi connectivity index (χ1n) is 6.41. The number of thioether (sulfide) groups is 1. The van der Waals surface area contributed by atoms with E-state index < -0.39 is 0 Å². The third-order valence-corrected chi connectivity index (χ3v) is 4.50. The molecule has 2 unspecified atom stereocenters. The van der Waals surface area contributed by atoms with Gasteiger partial charge >= 0.3 is 0 Å². The minimum Gasteiger partial charge on any atom is -0.465 e. The number of hydrogen-bond acceptors (Lipinski definition) is 6. The van der Waals surface area contributed by atoms with Crippen LogP contribution in [0.4, 0.5) is 0 Å². The fourth-order valence-corrected chi connectivity index (χ4v) is 3.02. The van der Waals surface area contributed by atoms with Crippen molar-refractivity contribution in [1.82, 2.24) is 20.2 Å². The smallest absolute Gasteiger partial charge is 0.210 e. The van der Waals surface area contributed by atoms with Crippen LogP contribution in [0.15, 0.2) is 21.7 Å². The van der Waals surface area contributed by atoms with E-state index in [1.807, 2.05) is 30.7 Å². The number of aryl methyl sites for hydroxylation is 1. The third kappa shape index (κ3) is 2.66.